The monoisotopic (exact) mass is 270 g/mol. The molecule has 0 saturated carbocycles. The van der Waals surface area contributed by atoms with E-state index in [-0.39, 0.29) is 11.7 Å². The summed E-state index contributed by atoms with van der Waals surface area (Å²) in [5.74, 6) is -0.0477. The van der Waals surface area contributed by atoms with Crippen molar-refractivity contribution in [2.45, 2.75) is 13.3 Å². The number of hydrazone groups is 1. The first-order valence-corrected chi connectivity index (χ1v) is 5.23. The van der Waals surface area contributed by atoms with Crippen molar-refractivity contribution < 1.29 is 9.90 Å². The van der Waals surface area contributed by atoms with E-state index in [2.05, 4.69) is 26.5 Å². The van der Waals surface area contributed by atoms with Crippen molar-refractivity contribution in [2.24, 2.45) is 5.10 Å². The van der Waals surface area contributed by atoms with Crippen LogP contribution in [0.3, 0.4) is 0 Å². The van der Waals surface area contributed by atoms with E-state index in [1.807, 2.05) is 0 Å². The van der Waals surface area contributed by atoms with Crippen LogP contribution < -0.4 is 5.43 Å². The van der Waals surface area contributed by atoms with E-state index in [1.54, 1.807) is 25.1 Å². The minimum absolute atomic E-state index is 0.118. The predicted molar refractivity (Wildman–Crippen MR) is 61.8 cm³/mol. The molecule has 1 rings (SSSR count). The molecule has 0 aliphatic heterocycles. The van der Waals surface area contributed by atoms with Gasteiger partial charge in [-0.25, -0.2) is 5.43 Å². The lowest BCUT2D eigenvalue weighted by molar-refractivity contribution is -0.120. The quantitative estimate of drug-likeness (QED) is 0.652. The van der Waals surface area contributed by atoms with Gasteiger partial charge in [-0.2, -0.15) is 5.10 Å². The summed E-state index contributed by atoms with van der Waals surface area (Å²) >= 11 is 3.27. The Labute approximate surface area is 96.1 Å². The Kier molecular flexibility index (Phi) is 4.30. The summed E-state index contributed by atoms with van der Waals surface area (Å²) in [6.07, 6.45) is 1.77. The van der Waals surface area contributed by atoms with Gasteiger partial charge in [-0.3, -0.25) is 4.79 Å². The molecule has 0 aliphatic rings. The smallest absolute Gasteiger partial charge is 0.239 e. The highest BCUT2D eigenvalue weighted by Crippen LogP contribution is 2.19. The van der Waals surface area contributed by atoms with Crippen LogP contribution in [0.15, 0.2) is 27.8 Å². The molecule has 15 heavy (non-hydrogen) atoms. The normalized spacial score (nSPS) is 10.5. The maximum Gasteiger partial charge on any atom is 0.239 e. The maximum absolute atomic E-state index is 10.9. The zero-order valence-electron chi connectivity index (χ0n) is 8.20. The number of hydrogen-bond donors (Lipinski definition) is 2. The fourth-order valence-electron chi connectivity index (χ4n) is 0.882. The third kappa shape index (κ3) is 3.71. The first-order chi connectivity index (χ1) is 7.13. The topological polar surface area (TPSA) is 61.7 Å². The highest BCUT2D eigenvalue weighted by Gasteiger charge is 1.98. The number of halogens is 1. The molecule has 80 valence electrons. The minimum atomic E-state index is -0.166. The Morgan fingerprint density at radius 2 is 2.40 bits per heavy atom. The lowest BCUT2D eigenvalue weighted by Crippen LogP contribution is -2.15. The second kappa shape index (κ2) is 5.50. The van der Waals surface area contributed by atoms with Crippen molar-refractivity contribution in [3.05, 3.63) is 28.2 Å². The number of carbonyl (C=O) groups is 1. The van der Waals surface area contributed by atoms with Gasteiger partial charge in [0.2, 0.25) is 5.91 Å². The third-order valence-electron chi connectivity index (χ3n) is 1.70. The van der Waals surface area contributed by atoms with Crippen molar-refractivity contribution in [3.8, 4) is 5.75 Å². The standard InChI is InChI=1S/C10H11BrN2O2/c1-2-10(15)13-12-6-7-5-8(11)3-4-9(7)14/h3-6,14H,2H2,1H3,(H,13,15). The number of hydrogen-bond acceptors (Lipinski definition) is 3. The molecule has 0 atom stereocenters. The lowest BCUT2D eigenvalue weighted by atomic mass is 10.2. The van der Waals surface area contributed by atoms with E-state index < -0.39 is 0 Å². The molecule has 0 saturated heterocycles. The number of phenolic OH excluding ortho intramolecular Hbond substituents is 1. The molecule has 0 spiro atoms. The second-order valence-electron chi connectivity index (χ2n) is 2.85. The molecule has 0 aliphatic carbocycles. The number of amides is 1. The average molecular weight is 271 g/mol. The van der Waals surface area contributed by atoms with Gasteiger partial charge in [0.1, 0.15) is 5.75 Å². The SMILES string of the molecule is CCC(=O)NN=Cc1cc(Br)ccc1O. The van der Waals surface area contributed by atoms with Crippen molar-refractivity contribution >= 4 is 28.1 Å². The van der Waals surface area contributed by atoms with E-state index in [4.69, 9.17) is 0 Å². The van der Waals surface area contributed by atoms with Crippen molar-refractivity contribution in [2.75, 3.05) is 0 Å². The zero-order valence-corrected chi connectivity index (χ0v) is 9.78. The summed E-state index contributed by atoms with van der Waals surface area (Å²) in [6, 6.07) is 4.97. The minimum Gasteiger partial charge on any atom is -0.507 e. The predicted octanol–water partition coefficient (Wildman–Crippen LogP) is 2.01. The molecule has 0 unspecified atom stereocenters. The molecular formula is C10H11BrN2O2. The van der Waals surface area contributed by atoms with E-state index >= 15 is 0 Å². The van der Waals surface area contributed by atoms with Crippen molar-refractivity contribution in [1.29, 1.82) is 0 Å². The molecule has 2 N–H and O–H groups in total. The van der Waals surface area contributed by atoms with E-state index in [1.165, 1.54) is 6.21 Å². The summed E-state index contributed by atoms with van der Waals surface area (Å²) in [4.78, 5) is 10.9. The van der Waals surface area contributed by atoms with Gasteiger partial charge in [-0.1, -0.05) is 22.9 Å². The van der Waals surface area contributed by atoms with Crippen LogP contribution in [0, 0.1) is 0 Å². The number of phenols is 1. The molecule has 4 nitrogen and oxygen atoms in total. The number of aromatic hydroxyl groups is 1. The first-order valence-electron chi connectivity index (χ1n) is 4.44. The van der Waals surface area contributed by atoms with E-state index in [0.29, 0.717) is 12.0 Å². The molecule has 1 amide bonds. The van der Waals surface area contributed by atoms with Crippen LogP contribution >= 0.6 is 15.9 Å². The van der Waals surface area contributed by atoms with Crippen LogP contribution in [0.5, 0.6) is 5.75 Å². The molecule has 0 fully saturated rings. The average Bonchev–Trinajstić information content (AvgIpc) is 2.23. The second-order valence-corrected chi connectivity index (χ2v) is 3.77. The number of nitrogens with one attached hydrogen (secondary N) is 1. The van der Waals surface area contributed by atoms with E-state index in [9.17, 15) is 9.90 Å². The van der Waals surface area contributed by atoms with Crippen LogP contribution in [-0.2, 0) is 4.79 Å². The highest BCUT2D eigenvalue weighted by molar-refractivity contribution is 9.10. The largest absolute Gasteiger partial charge is 0.507 e. The Balaban J connectivity index is 2.71. The van der Waals surface area contributed by atoms with Crippen molar-refractivity contribution in [1.82, 2.24) is 5.43 Å². The van der Waals surface area contributed by atoms with Gasteiger partial charge >= 0.3 is 0 Å². The highest BCUT2D eigenvalue weighted by atomic mass is 79.9. The van der Waals surface area contributed by atoms with Gasteiger partial charge in [0.05, 0.1) is 6.21 Å². The molecule has 0 bridgehead atoms. The van der Waals surface area contributed by atoms with E-state index in [0.717, 1.165) is 4.47 Å². The summed E-state index contributed by atoms with van der Waals surface area (Å²) in [7, 11) is 0. The van der Waals surface area contributed by atoms with Gasteiger partial charge in [0, 0.05) is 16.5 Å². The molecule has 1 aromatic rings. The van der Waals surface area contributed by atoms with Gasteiger partial charge in [-0.05, 0) is 18.2 Å². The van der Waals surface area contributed by atoms with Gasteiger partial charge in [-0.15, -0.1) is 0 Å². The number of benzene rings is 1. The van der Waals surface area contributed by atoms with Gasteiger partial charge in [0.15, 0.2) is 0 Å². The number of rotatable bonds is 3. The van der Waals surface area contributed by atoms with Crippen LogP contribution in [0.4, 0.5) is 0 Å². The Morgan fingerprint density at radius 3 is 3.07 bits per heavy atom. The van der Waals surface area contributed by atoms with Crippen LogP contribution in [0.25, 0.3) is 0 Å². The summed E-state index contributed by atoms with van der Waals surface area (Å²) in [5.41, 5.74) is 2.87. The Bertz CT molecular complexity index is 391. The number of nitrogens with zero attached hydrogens (tertiary/aromatic N) is 1. The molecule has 0 aromatic heterocycles. The number of carbonyl (C=O) groups excluding carboxylic acids is 1. The van der Waals surface area contributed by atoms with Crippen LogP contribution in [0.2, 0.25) is 0 Å². The summed E-state index contributed by atoms with van der Waals surface area (Å²) in [6.45, 7) is 1.74. The lowest BCUT2D eigenvalue weighted by Gasteiger charge is -1.99. The fraction of sp³-hybridized carbons (Fsp3) is 0.200. The molecule has 0 heterocycles. The Hall–Kier alpha value is -1.36. The van der Waals surface area contributed by atoms with Crippen molar-refractivity contribution in [3.63, 3.8) is 0 Å². The molecular weight excluding hydrogens is 260 g/mol. The zero-order chi connectivity index (χ0) is 11.3. The summed E-state index contributed by atoms with van der Waals surface area (Å²) < 4.78 is 0.837. The van der Waals surface area contributed by atoms with Gasteiger partial charge in [0.25, 0.3) is 0 Å². The molecule has 5 heteroatoms. The third-order valence-corrected chi connectivity index (χ3v) is 2.20. The maximum atomic E-state index is 10.9. The van der Waals surface area contributed by atoms with Gasteiger partial charge < -0.3 is 5.11 Å². The molecule has 1 aromatic carbocycles. The molecule has 0 radical (unpaired) electrons. The summed E-state index contributed by atoms with van der Waals surface area (Å²) in [5, 5.41) is 13.1. The first kappa shape index (κ1) is 11.7. The Morgan fingerprint density at radius 1 is 1.67 bits per heavy atom. The fourth-order valence-corrected chi connectivity index (χ4v) is 1.26. The van der Waals surface area contributed by atoms with Crippen LogP contribution in [-0.4, -0.2) is 17.2 Å². The van der Waals surface area contributed by atoms with Crippen LogP contribution in [0.1, 0.15) is 18.9 Å².